The minimum atomic E-state index is 0.0396. The molecule has 3 nitrogen and oxygen atoms in total. The van der Waals surface area contributed by atoms with Crippen LogP contribution in [0.2, 0.25) is 0 Å². The first kappa shape index (κ1) is 12.7. The SMILES string of the molecule is CCCN(CCc1ccccc1)C(=O)CN. The third kappa shape index (κ3) is 4.03. The van der Waals surface area contributed by atoms with Crippen molar-refractivity contribution in [3.8, 4) is 0 Å². The lowest BCUT2D eigenvalue weighted by Crippen LogP contribution is -2.37. The number of nitrogens with zero attached hydrogens (tertiary/aromatic N) is 1. The van der Waals surface area contributed by atoms with Crippen LogP contribution < -0.4 is 5.73 Å². The molecule has 0 aliphatic heterocycles. The van der Waals surface area contributed by atoms with Crippen molar-refractivity contribution < 1.29 is 4.79 Å². The minimum absolute atomic E-state index is 0.0396. The summed E-state index contributed by atoms with van der Waals surface area (Å²) in [7, 11) is 0. The van der Waals surface area contributed by atoms with Crippen LogP contribution in [0.3, 0.4) is 0 Å². The smallest absolute Gasteiger partial charge is 0.236 e. The summed E-state index contributed by atoms with van der Waals surface area (Å²) in [6, 6.07) is 10.2. The zero-order valence-corrected chi connectivity index (χ0v) is 9.86. The molecule has 0 saturated heterocycles. The van der Waals surface area contributed by atoms with Crippen molar-refractivity contribution in [1.82, 2.24) is 4.90 Å². The first-order chi connectivity index (χ1) is 7.77. The molecular weight excluding hydrogens is 200 g/mol. The van der Waals surface area contributed by atoms with E-state index in [4.69, 9.17) is 5.73 Å². The Kier molecular flexibility index (Phi) is 5.57. The summed E-state index contributed by atoms with van der Waals surface area (Å²) in [5.41, 5.74) is 6.64. The van der Waals surface area contributed by atoms with Gasteiger partial charge >= 0.3 is 0 Å². The lowest BCUT2D eigenvalue weighted by Gasteiger charge is -2.21. The molecule has 0 bridgehead atoms. The lowest BCUT2D eigenvalue weighted by molar-refractivity contribution is -0.129. The van der Waals surface area contributed by atoms with Gasteiger partial charge in [0.2, 0.25) is 5.91 Å². The topological polar surface area (TPSA) is 46.3 Å². The van der Waals surface area contributed by atoms with Crippen molar-refractivity contribution in [1.29, 1.82) is 0 Å². The normalized spacial score (nSPS) is 10.1. The van der Waals surface area contributed by atoms with Crippen LogP contribution in [-0.4, -0.2) is 30.4 Å². The second kappa shape index (κ2) is 7.01. The maximum atomic E-state index is 11.5. The van der Waals surface area contributed by atoms with E-state index in [0.29, 0.717) is 0 Å². The number of benzene rings is 1. The third-order valence-electron chi connectivity index (χ3n) is 2.53. The van der Waals surface area contributed by atoms with Gasteiger partial charge < -0.3 is 10.6 Å². The lowest BCUT2D eigenvalue weighted by atomic mass is 10.1. The molecule has 0 saturated carbocycles. The Hall–Kier alpha value is -1.35. The molecule has 0 aliphatic rings. The van der Waals surface area contributed by atoms with Crippen molar-refractivity contribution >= 4 is 5.91 Å². The Bertz CT molecular complexity index is 311. The summed E-state index contributed by atoms with van der Waals surface area (Å²) >= 11 is 0. The van der Waals surface area contributed by atoms with E-state index >= 15 is 0 Å². The summed E-state index contributed by atoms with van der Waals surface area (Å²) < 4.78 is 0. The molecule has 1 aromatic carbocycles. The Labute approximate surface area is 97.2 Å². The number of hydrogen-bond acceptors (Lipinski definition) is 2. The maximum Gasteiger partial charge on any atom is 0.236 e. The van der Waals surface area contributed by atoms with Gasteiger partial charge in [-0.05, 0) is 18.4 Å². The van der Waals surface area contributed by atoms with Gasteiger partial charge in [-0.2, -0.15) is 0 Å². The number of rotatable bonds is 6. The maximum absolute atomic E-state index is 11.5. The fraction of sp³-hybridized carbons (Fsp3) is 0.462. The van der Waals surface area contributed by atoms with Gasteiger partial charge in [-0.1, -0.05) is 37.3 Å². The first-order valence-electron chi connectivity index (χ1n) is 5.79. The molecule has 0 atom stereocenters. The largest absolute Gasteiger partial charge is 0.341 e. The Morgan fingerprint density at radius 2 is 1.94 bits per heavy atom. The highest BCUT2D eigenvalue weighted by molar-refractivity contribution is 5.77. The second-order valence-corrected chi connectivity index (χ2v) is 3.82. The standard InChI is InChI=1S/C13H20N2O/c1-2-9-15(13(16)11-14)10-8-12-6-4-3-5-7-12/h3-7H,2,8-11,14H2,1H3. The fourth-order valence-electron chi connectivity index (χ4n) is 1.67. The molecule has 0 spiro atoms. The number of hydrogen-bond donors (Lipinski definition) is 1. The van der Waals surface area contributed by atoms with Crippen LogP contribution in [0.4, 0.5) is 0 Å². The molecule has 0 aliphatic carbocycles. The first-order valence-corrected chi connectivity index (χ1v) is 5.79. The van der Waals surface area contributed by atoms with E-state index in [0.717, 1.165) is 25.9 Å². The molecule has 0 fully saturated rings. The van der Waals surface area contributed by atoms with Gasteiger partial charge in [0.05, 0.1) is 6.54 Å². The third-order valence-corrected chi connectivity index (χ3v) is 2.53. The number of carbonyl (C=O) groups excluding carboxylic acids is 1. The van der Waals surface area contributed by atoms with E-state index in [9.17, 15) is 4.79 Å². The van der Waals surface area contributed by atoms with Crippen LogP contribution >= 0.6 is 0 Å². The van der Waals surface area contributed by atoms with Crippen molar-refractivity contribution in [2.24, 2.45) is 5.73 Å². The minimum Gasteiger partial charge on any atom is -0.341 e. The predicted molar refractivity (Wildman–Crippen MR) is 66.1 cm³/mol. The highest BCUT2D eigenvalue weighted by Gasteiger charge is 2.09. The van der Waals surface area contributed by atoms with Crippen LogP contribution in [0.25, 0.3) is 0 Å². The highest BCUT2D eigenvalue weighted by Crippen LogP contribution is 2.02. The van der Waals surface area contributed by atoms with Crippen LogP contribution in [0, 0.1) is 0 Å². The molecule has 3 heteroatoms. The van der Waals surface area contributed by atoms with Crippen LogP contribution in [-0.2, 0) is 11.2 Å². The molecule has 16 heavy (non-hydrogen) atoms. The summed E-state index contributed by atoms with van der Waals surface area (Å²) in [4.78, 5) is 13.4. The number of carbonyl (C=O) groups is 1. The van der Waals surface area contributed by atoms with Gasteiger partial charge in [0, 0.05) is 13.1 Å². The second-order valence-electron chi connectivity index (χ2n) is 3.82. The zero-order chi connectivity index (χ0) is 11.8. The van der Waals surface area contributed by atoms with E-state index in [1.807, 2.05) is 23.1 Å². The Morgan fingerprint density at radius 3 is 2.50 bits per heavy atom. The van der Waals surface area contributed by atoms with Gasteiger partial charge in [0.25, 0.3) is 0 Å². The van der Waals surface area contributed by atoms with Gasteiger partial charge in [-0.25, -0.2) is 0 Å². The summed E-state index contributed by atoms with van der Waals surface area (Å²) in [5, 5.41) is 0. The molecule has 1 rings (SSSR count). The van der Waals surface area contributed by atoms with E-state index in [-0.39, 0.29) is 12.5 Å². The Morgan fingerprint density at radius 1 is 1.25 bits per heavy atom. The summed E-state index contributed by atoms with van der Waals surface area (Å²) in [6.07, 6.45) is 1.87. The van der Waals surface area contributed by atoms with Crippen LogP contribution in [0.1, 0.15) is 18.9 Å². The van der Waals surface area contributed by atoms with Crippen molar-refractivity contribution in [2.45, 2.75) is 19.8 Å². The molecule has 1 amide bonds. The molecule has 0 aromatic heterocycles. The van der Waals surface area contributed by atoms with Crippen molar-refractivity contribution in [2.75, 3.05) is 19.6 Å². The quantitative estimate of drug-likeness (QED) is 0.788. The van der Waals surface area contributed by atoms with E-state index in [2.05, 4.69) is 19.1 Å². The van der Waals surface area contributed by atoms with Gasteiger partial charge in [0.1, 0.15) is 0 Å². The van der Waals surface area contributed by atoms with E-state index < -0.39 is 0 Å². The van der Waals surface area contributed by atoms with Crippen LogP contribution in [0.5, 0.6) is 0 Å². The Balaban J connectivity index is 2.47. The molecule has 0 radical (unpaired) electrons. The average molecular weight is 220 g/mol. The predicted octanol–water partition coefficient (Wildman–Crippen LogP) is 1.43. The highest BCUT2D eigenvalue weighted by atomic mass is 16.2. The molecular formula is C13H20N2O. The van der Waals surface area contributed by atoms with Crippen LogP contribution in [0.15, 0.2) is 30.3 Å². The average Bonchev–Trinajstić information content (AvgIpc) is 2.34. The van der Waals surface area contributed by atoms with E-state index in [1.165, 1.54) is 5.56 Å². The van der Waals surface area contributed by atoms with Gasteiger partial charge in [0.15, 0.2) is 0 Å². The number of amides is 1. The summed E-state index contributed by atoms with van der Waals surface area (Å²) in [6.45, 7) is 3.73. The van der Waals surface area contributed by atoms with Crippen molar-refractivity contribution in [3.05, 3.63) is 35.9 Å². The van der Waals surface area contributed by atoms with Crippen molar-refractivity contribution in [3.63, 3.8) is 0 Å². The molecule has 0 unspecified atom stereocenters. The monoisotopic (exact) mass is 220 g/mol. The summed E-state index contributed by atoms with van der Waals surface area (Å²) in [5.74, 6) is 0.0396. The van der Waals surface area contributed by atoms with Gasteiger partial charge in [-0.3, -0.25) is 4.79 Å². The molecule has 2 N–H and O–H groups in total. The number of nitrogens with two attached hydrogens (primary N) is 1. The molecule has 88 valence electrons. The molecule has 0 heterocycles. The van der Waals surface area contributed by atoms with E-state index in [1.54, 1.807) is 0 Å². The zero-order valence-electron chi connectivity index (χ0n) is 9.86. The van der Waals surface area contributed by atoms with Gasteiger partial charge in [-0.15, -0.1) is 0 Å². The molecule has 1 aromatic rings. The fourth-order valence-corrected chi connectivity index (χ4v) is 1.67.